The van der Waals surface area contributed by atoms with E-state index in [9.17, 15) is 14.4 Å². The maximum absolute atomic E-state index is 12.2. The van der Waals surface area contributed by atoms with E-state index in [1.165, 1.54) is 20.8 Å². The normalized spacial score (nSPS) is 35.2. The van der Waals surface area contributed by atoms with E-state index in [1.54, 1.807) is 5.06 Å². The summed E-state index contributed by atoms with van der Waals surface area (Å²) in [6.07, 6.45) is -4.45. The summed E-state index contributed by atoms with van der Waals surface area (Å²) in [5, 5.41) is 1.75. The summed E-state index contributed by atoms with van der Waals surface area (Å²) < 4.78 is 35.4. The molecule has 0 aromatic rings. The summed E-state index contributed by atoms with van der Waals surface area (Å²) >= 11 is 0. The lowest BCUT2D eigenvalue weighted by molar-refractivity contribution is -0.304. The second-order valence-corrected chi connectivity index (χ2v) is 11.2. The van der Waals surface area contributed by atoms with Crippen LogP contribution < -0.4 is 0 Å². The average Bonchev–Trinajstić information content (AvgIpc) is 3.15. The van der Waals surface area contributed by atoms with Crippen molar-refractivity contribution in [3.63, 3.8) is 0 Å². The van der Waals surface area contributed by atoms with Crippen LogP contribution >= 0.6 is 0 Å². The molecule has 3 aliphatic heterocycles. The van der Waals surface area contributed by atoms with Gasteiger partial charge in [0.15, 0.2) is 18.5 Å². The van der Waals surface area contributed by atoms with E-state index in [1.807, 2.05) is 41.5 Å². The van der Waals surface area contributed by atoms with Crippen LogP contribution in [0.1, 0.15) is 62.3 Å². The molecule has 11 heteroatoms. The Morgan fingerprint density at radius 2 is 1.40 bits per heavy atom. The molecule has 0 unspecified atom stereocenters. The van der Waals surface area contributed by atoms with Crippen molar-refractivity contribution in [3.8, 4) is 0 Å². The first-order valence-electron chi connectivity index (χ1n) is 12.0. The molecule has 0 aliphatic carbocycles. The van der Waals surface area contributed by atoms with Gasteiger partial charge in [0.2, 0.25) is 0 Å². The molecule has 0 saturated carbocycles. The fourth-order valence-corrected chi connectivity index (χ4v) is 4.94. The van der Waals surface area contributed by atoms with Gasteiger partial charge in [-0.2, -0.15) is 5.06 Å². The van der Waals surface area contributed by atoms with Crippen molar-refractivity contribution in [2.24, 2.45) is 5.92 Å². The number of rotatable bonds is 6. The van der Waals surface area contributed by atoms with Crippen LogP contribution in [0.4, 0.5) is 0 Å². The third-order valence-corrected chi connectivity index (χ3v) is 5.77. The van der Waals surface area contributed by atoms with Gasteiger partial charge in [-0.25, -0.2) is 0 Å². The van der Waals surface area contributed by atoms with E-state index in [-0.39, 0.29) is 12.7 Å². The number of hydrogen-bond donors (Lipinski definition) is 0. The minimum Gasteiger partial charge on any atom is -0.463 e. The summed E-state index contributed by atoms with van der Waals surface area (Å²) in [5.74, 6) is -2.21. The first kappa shape index (κ1) is 27.8. The van der Waals surface area contributed by atoms with E-state index in [0.717, 1.165) is 0 Å². The van der Waals surface area contributed by atoms with Gasteiger partial charge in [-0.15, -0.1) is 0 Å². The van der Waals surface area contributed by atoms with Gasteiger partial charge in [0, 0.05) is 20.8 Å². The van der Waals surface area contributed by atoms with Crippen molar-refractivity contribution in [3.05, 3.63) is 0 Å². The molecule has 3 aliphatic rings. The van der Waals surface area contributed by atoms with Crippen LogP contribution in [0.25, 0.3) is 0 Å². The molecule has 200 valence electrons. The van der Waals surface area contributed by atoms with Crippen LogP contribution in [0.15, 0.2) is 0 Å². The number of hydrogen-bond acceptors (Lipinski definition) is 11. The standard InChI is InChI=1S/C24H39NO10/c1-12(26)29-11-16-20(30-13(2)27)21(31-14(3)28)17-18-19(34-24(7,8)9)15(33-23(4,5)6)10-25(18)35-22(17)32-16/h15-22H,10-11H2,1-9H3/t15-,16-,17-,18+,19+,20+,21-,22-/m1/s1. The van der Waals surface area contributed by atoms with Gasteiger partial charge < -0.3 is 28.4 Å². The topological polar surface area (TPSA) is 119 Å². The number of ether oxygens (including phenoxy) is 6. The van der Waals surface area contributed by atoms with Crippen molar-refractivity contribution in [2.75, 3.05) is 13.2 Å². The second-order valence-electron chi connectivity index (χ2n) is 11.2. The molecule has 8 atom stereocenters. The van der Waals surface area contributed by atoms with E-state index in [4.69, 9.17) is 33.3 Å². The predicted octanol–water partition coefficient (Wildman–Crippen LogP) is 1.75. The van der Waals surface area contributed by atoms with Gasteiger partial charge in [-0.3, -0.25) is 19.2 Å². The molecule has 11 nitrogen and oxygen atoms in total. The quantitative estimate of drug-likeness (QED) is 0.391. The van der Waals surface area contributed by atoms with Crippen LogP contribution in [0.3, 0.4) is 0 Å². The van der Waals surface area contributed by atoms with Crippen molar-refractivity contribution in [1.82, 2.24) is 5.06 Å². The molecule has 0 radical (unpaired) electrons. The molecule has 3 saturated heterocycles. The number of carbonyl (C=O) groups excluding carboxylic acids is 3. The van der Waals surface area contributed by atoms with Gasteiger partial charge in [-0.1, -0.05) is 0 Å². The van der Waals surface area contributed by atoms with Crippen molar-refractivity contribution >= 4 is 17.9 Å². The van der Waals surface area contributed by atoms with Crippen molar-refractivity contribution in [2.45, 2.75) is 116 Å². The van der Waals surface area contributed by atoms with Crippen LogP contribution in [0.5, 0.6) is 0 Å². The molecule has 3 rings (SSSR count). The van der Waals surface area contributed by atoms with E-state index >= 15 is 0 Å². The van der Waals surface area contributed by atoms with Gasteiger partial charge in [0.25, 0.3) is 0 Å². The van der Waals surface area contributed by atoms with E-state index < -0.39 is 71.8 Å². The zero-order chi connectivity index (χ0) is 26.3. The minimum absolute atomic E-state index is 0.194. The number of esters is 3. The van der Waals surface area contributed by atoms with Crippen LogP contribution in [-0.2, 0) is 47.6 Å². The third kappa shape index (κ3) is 6.91. The molecule has 3 heterocycles. The largest absolute Gasteiger partial charge is 0.463 e. The molecule has 0 amide bonds. The van der Waals surface area contributed by atoms with Crippen LogP contribution in [0, 0.1) is 5.92 Å². The molecule has 3 fully saturated rings. The lowest BCUT2D eigenvalue weighted by atomic mass is 9.83. The molecule has 0 aromatic carbocycles. The zero-order valence-electron chi connectivity index (χ0n) is 22.1. The highest BCUT2D eigenvalue weighted by molar-refractivity contribution is 5.68. The summed E-state index contributed by atoms with van der Waals surface area (Å²) in [4.78, 5) is 41.8. The predicted molar refractivity (Wildman–Crippen MR) is 121 cm³/mol. The Labute approximate surface area is 206 Å². The molecule has 0 aromatic heterocycles. The Kier molecular flexibility index (Phi) is 8.17. The summed E-state index contributed by atoms with van der Waals surface area (Å²) in [7, 11) is 0. The highest BCUT2D eigenvalue weighted by Gasteiger charge is 2.65. The van der Waals surface area contributed by atoms with Gasteiger partial charge in [0.1, 0.15) is 24.9 Å². The maximum atomic E-state index is 12.2. The van der Waals surface area contributed by atoms with Crippen molar-refractivity contribution in [1.29, 1.82) is 0 Å². The molecular formula is C24H39NO10. The fraction of sp³-hybridized carbons (Fsp3) is 0.875. The summed E-state index contributed by atoms with van der Waals surface area (Å²) in [6.45, 7) is 15.8. The molecular weight excluding hydrogens is 462 g/mol. The number of hydroxylamine groups is 2. The fourth-order valence-electron chi connectivity index (χ4n) is 4.94. The number of nitrogens with zero attached hydrogens (tertiary/aromatic N) is 1. The Bertz CT molecular complexity index is 803. The molecule has 0 bridgehead atoms. The van der Waals surface area contributed by atoms with Crippen molar-refractivity contribution < 1.29 is 47.6 Å². The zero-order valence-corrected chi connectivity index (χ0v) is 22.1. The molecule has 0 N–H and O–H groups in total. The average molecular weight is 502 g/mol. The molecule has 0 spiro atoms. The van der Waals surface area contributed by atoms with Crippen LogP contribution in [-0.4, -0.2) is 90.2 Å². The van der Waals surface area contributed by atoms with E-state index in [0.29, 0.717) is 6.54 Å². The first-order valence-corrected chi connectivity index (χ1v) is 12.0. The Balaban J connectivity index is 1.99. The first-order chi connectivity index (χ1) is 16.1. The minimum atomic E-state index is -1.02. The Morgan fingerprint density at radius 3 is 1.91 bits per heavy atom. The maximum Gasteiger partial charge on any atom is 0.303 e. The third-order valence-electron chi connectivity index (χ3n) is 5.77. The van der Waals surface area contributed by atoms with Gasteiger partial charge >= 0.3 is 17.9 Å². The lowest BCUT2D eigenvalue weighted by Gasteiger charge is -2.44. The number of fused-ring (bicyclic) bond motifs is 3. The summed E-state index contributed by atoms with van der Waals surface area (Å²) in [6, 6.07) is -0.413. The summed E-state index contributed by atoms with van der Waals surface area (Å²) in [5.41, 5.74) is -0.936. The van der Waals surface area contributed by atoms with Crippen LogP contribution in [0.2, 0.25) is 0 Å². The Morgan fingerprint density at radius 1 is 0.829 bits per heavy atom. The van der Waals surface area contributed by atoms with Gasteiger partial charge in [-0.05, 0) is 41.5 Å². The highest BCUT2D eigenvalue weighted by atomic mass is 16.8. The highest BCUT2D eigenvalue weighted by Crippen LogP contribution is 2.47. The van der Waals surface area contributed by atoms with Gasteiger partial charge in [0.05, 0.1) is 29.7 Å². The van der Waals surface area contributed by atoms with E-state index in [2.05, 4.69) is 0 Å². The monoisotopic (exact) mass is 501 g/mol. The Hall–Kier alpha value is -1.79. The SMILES string of the molecule is CC(=O)OC[C@H]1O[C@@H]2ON3C[C@@H](OC(C)(C)C)[C@H](OC(C)(C)C)[C@@H]3[C@@H]2[C@@H](OC(C)=O)[C@H]1OC(C)=O. The smallest absolute Gasteiger partial charge is 0.303 e. The lowest BCUT2D eigenvalue weighted by Crippen LogP contribution is -2.61. The number of carbonyl (C=O) groups is 3. The molecule has 35 heavy (non-hydrogen) atoms. The second kappa shape index (κ2) is 10.3.